The van der Waals surface area contributed by atoms with Gasteiger partial charge in [-0.3, -0.25) is 14.3 Å². The second kappa shape index (κ2) is 10.3. The van der Waals surface area contributed by atoms with Gasteiger partial charge in [-0.1, -0.05) is 55.4 Å². The Labute approximate surface area is 209 Å². The lowest BCUT2D eigenvalue weighted by molar-refractivity contribution is -0.253. The average Bonchev–Trinajstić information content (AvgIpc) is 2.74. The summed E-state index contributed by atoms with van der Waals surface area (Å²) in [6.45, 7) is 18.4. The van der Waals surface area contributed by atoms with Crippen molar-refractivity contribution in [2.45, 2.75) is 115 Å². The number of aromatic amines is 1. The summed E-state index contributed by atoms with van der Waals surface area (Å²) in [5.74, 6) is 0. The zero-order valence-corrected chi connectivity index (χ0v) is 24.3. The van der Waals surface area contributed by atoms with Crippen LogP contribution in [0.25, 0.3) is 0 Å². The minimum atomic E-state index is -3.02. The van der Waals surface area contributed by atoms with E-state index in [2.05, 4.69) is 60.4 Å². The molecule has 3 N–H and O–H groups in total. The molecule has 35 heavy (non-hydrogen) atoms. The van der Waals surface area contributed by atoms with Crippen molar-refractivity contribution in [3.8, 4) is 0 Å². The molecule has 5 atom stereocenters. The van der Waals surface area contributed by atoms with Crippen molar-refractivity contribution in [3.63, 3.8) is 0 Å². The van der Waals surface area contributed by atoms with E-state index in [1.165, 1.54) is 6.20 Å². The number of rotatable bonds is 5. The molecule has 0 aromatic carbocycles. The number of hydrogen-bond donors (Lipinski definition) is 3. The van der Waals surface area contributed by atoms with E-state index < -0.39 is 59.0 Å². The van der Waals surface area contributed by atoms with Crippen LogP contribution in [0.4, 0.5) is 0 Å². The molecule has 1 aromatic heterocycles. The first-order chi connectivity index (χ1) is 16.2. The first-order valence-corrected chi connectivity index (χ1v) is 16.5. The van der Waals surface area contributed by atoms with Crippen molar-refractivity contribution < 1.29 is 27.9 Å². The van der Waals surface area contributed by atoms with E-state index in [0.717, 1.165) is 4.57 Å². The highest BCUT2D eigenvalue weighted by Gasteiger charge is 2.61. The van der Waals surface area contributed by atoms with E-state index in [1.807, 2.05) is 0 Å². The summed E-state index contributed by atoms with van der Waals surface area (Å²) in [6, 6.07) is 0. The van der Waals surface area contributed by atoms with Crippen LogP contribution in [0.15, 0.2) is 15.8 Å². The zero-order valence-electron chi connectivity index (χ0n) is 22.3. The van der Waals surface area contributed by atoms with Crippen LogP contribution >= 0.6 is 0 Å². The topological polar surface area (TPSA) is 132 Å². The minimum Gasteiger partial charge on any atom is -0.414 e. The maximum atomic E-state index is 12.6. The standard InChI is InChI=1S/C23H42N2O8Si2/c1-12(2)34(13(3)4)30-11-17-20(32-35(33-34,14(5)6)15(7)8)18(26)19(27)22(31-17)25-10-16(9)21(28)24-23(25)29/h10,12-15,17-20,22,26-27H,11H2,1-9H3,(H,24,28,29)/t17-,18-,19-,20+,22-/m1/s1. The van der Waals surface area contributed by atoms with Crippen molar-refractivity contribution in [2.75, 3.05) is 6.61 Å². The van der Waals surface area contributed by atoms with Crippen molar-refractivity contribution in [2.24, 2.45) is 0 Å². The molecule has 2 saturated heterocycles. The van der Waals surface area contributed by atoms with Crippen molar-refractivity contribution in [3.05, 3.63) is 32.6 Å². The quantitative estimate of drug-likeness (QED) is 0.495. The highest BCUT2D eigenvalue weighted by molar-refractivity contribution is 6.83. The van der Waals surface area contributed by atoms with E-state index in [9.17, 15) is 19.8 Å². The van der Waals surface area contributed by atoms with Crippen LogP contribution in [0.2, 0.25) is 22.2 Å². The molecule has 0 aliphatic carbocycles. The third-order valence-corrected chi connectivity index (χ3v) is 17.7. The lowest BCUT2D eigenvalue weighted by atomic mass is 9.98. The predicted octanol–water partition coefficient (Wildman–Crippen LogP) is 2.42. The summed E-state index contributed by atoms with van der Waals surface area (Å²) < 4.78 is 27.9. The lowest BCUT2D eigenvalue weighted by Crippen LogP contribution is -2.69. The molecule has 0 bridgehead atoms. The minimum absolute atomic E-state index is 0.0424. The van der Waals surface area contributed by atoms with Gasteiger partial charge in [0, 0.05) is 11.8 Å². The number of aromatic nitrogens is 2. The third-order valence-electron chi connectivity index (χ3n) is 7.41. The average molecular weight is 531 g/mol. The molecule has 3 heterocycles. The van der Waals surface area contributed by atoms with Gasteiger partial charge in [-0.25, -0.2) is 4.79 Å². The second-order valence-electron chi connectivity index (χ2n) is 11.1. The maximum Gasteiger partial charge on any atom is 0.335 e. The first-order valence-electron chi connectivity index (χ1n) is 12.5. The van der Waals surface area contributed by atoms with Crippen LogP contribution in [0.5, 0.6) is 0 Å². The smallest absolute Gasteiger partial charge is 0.335 e. The molecule has 0 radical (unpaired) electrons. The number of ether oxygens (including phenoxy) is 1. The van der Waals surface area contributed by atoms with Gasteiger partial charge in [-0.05, 0) is 29.1 Å². The Bertz CT molecular complexity index is 992. The molecule has 2 fully saturated rings. The third kappa shape index (κ3) is 4.91. The Morgan fingerprint density at radius 3 is 2.00 bits per heavy atom. The molecule has 0 unspecified atom stereocenters. The van der Waals surface area contributed by atoms with E-state index in [-0.39, 0.29) is 34.3 Å². The van der Waals surface area contributed by atoms with E-state index >= 15 is 0 Å². The molecule has 200 valence electrons. The monoisotopic (exact) mass is 530 g/mol. The molecule has 0 spiro atoms. The first kappa shape index (κ1) is 28.4. The summed E-state index contributed by atoms with van der Waals surface area (Å²) in [5, 5.41) is 22.3. The number of nitrogens with zero attached hydrogens (tertiary/aromatic N) is 1. The molecule has 3 rings (SSSR count). The van der Waals surface area contributed by atoms with Gasteiger partial charge in [-0.2, -0.15) is 0 Å². The van der Waals surface area contributed by atoms with Gasteiger partial charge in [-0.15, -0.1) is 0 Å². The van der Waals surface area contributed by atoms with Crippen LogP contribution in [0.1, 0.15) is 67.2 Å². The number of aliphatic hydroxyl groups is 2. The largest absolute Gasteiger partial charge is 0.414 e. The molecule has 1 aromatic rings. The predicted molar refractivity (Wildman–Crippen MR) is 136 cm³/mol. The van der Waals surface area contributed by atoms with Crippen LogP contribution in [-0.4, -0.2) is 67.9 Å². The van der Waals surface area contributed by atoms with Gasteiger partial charge in [0.2, 0.25) is 0 Å². The van der Waals surface area contributed by atoms with Crippen LogP contribution in [-0.2, 0) is 17.7 Å². The lowest BCUT2D eigenvalue weighted by Gasteiger charge is -2.54. The van der Waals surface area contributed by atoms with Gasteiger partial charge >= 0.3 is 22.8 Å². The number of fused-ring (bicyclic) bond motifs is 1. The van der Waals surface area contributed by atoms with Gasteiger partial charge in [0.15, 0.2) is 6.23 Å². The molecule has 2 aliphatic rings. The normalized spacial score (nSPS) is 31.0. The van der Waals surface area contributed by atoms with Gasteiger partial charge < -0.3 is 27.9 Å². The molecular weight excluding hydrogens is 488 g/mol. The Balaban J connectivity index is 2.11. The Kier molecular flexibility index (Phi) is 8.39. The van der Waals surface area contributed by atoms with Crippen molar-refractivity contribution >= 4 is 17.1 Å². The maximum absolute atomic E-state index is 12.6. The molecule has 0 saturated carbocycles. The highest BCUT2D eigenvalue weighted by atomic mass is 28.5. The van der Waals surface area contributed by atoms with Crippen LogP contribution < -0.4 is 11.2 Å². The Hall–Kier alpha value is -1.13. The summed E-state index contributed by atoms with van der Waals surface area (Å²) in [5.41, 5.74) is -0.613. The van der Waals surface area contributed by atoms with Crippen LogP contribution in [0, 0.1) is 6.92 Å². The van der Waals surface area contributed by atoms with Crippen molar-refractivity contribution in [1.82, 2.24) is 9.55 Å². The Morgan fingerprint density at radius 1 is 0.943 bits per heavy atom. The molecule has 0 amide bonds. The van der Waals surface area contributed by atoms with Gasteiger partial charge in [0.05, 0.1) is 6.61 Å². The summed E-state index contributed by atoms with van der Waals surface area (Å²) >= 11 is 0. The number of aliphatic hydroxyl groups excluding tert-OH is 2. The second-order valence-corrected chi connectivity index (χ2v) is 19.9. The molecule has 12 heteroatoms. The highest BCUT2D eigenvalue weighted by Crippen LogP contribution is 2.47. The fraction of sp³-hybridized carbons (Fsp3) is 0.826. The molecular formula is C23H42N2O8Si2. The summed E-state index contributed by atoms with van der Waals surface area (Å²) in [7, 11) is -5.85. The Morgan fingerprint density at radius 2 is 1.49 bits per heavy atom. The van der Waals surface area contributed by atoms with Crippen molar-refractivity contribution in [1.29, 1.82) is 0 Å². The van der Waals surface area contributed by atoms with Crippen LogP contribution in [0.3, 0.4) is 0 Å². The molecule has 2 aliphatic heterocycles. The summed E-state index contributed by atoms with van der Waals surface area (Å²) in [6.07, 6.45) is -4.37. The number of aryl methyl sites for hydroxylation is 1. The number of nitrogens with one attached hydrogen (secondary N) is 1. The fourth-order valence-corrected chi connectivity index (χ4v) is 16.6. The fourth-order valence-electron chi connectivity index (χ4n) is 5.34. The SMILES string of the molecule is Cc1cn([C@@H]2O[C@@H]3CO[Si](C(C)C)(C(C)C)O[Si](C(C)C)(C(C)C)O[C@@H]3[C@H](O)[C@H]2O)c(=O)[nH]c1=O. The van der Waals surface area contributed by atoms with E-state index in [4.69, 9.17) is 17.7 Å². The molecule has 10 nitrogen and oxygen atoms in total. The van der Waals surface area contributed by atoms with Gasteiger partial charge in [0.1, 0.15) is 24.4 Å². The number of hydrogen-bond acceptors (Lipinski definition) is 8. The zero-order chi connectivity index (χ0) is 26.5. The van der Waals surface area contributed by atoms with E-state index in [1.54, 1.807) is 6.92 Å². The summed E-state index contributed by atoms with van der Waals surface area (Å²) in [4.78, 5) is 26.7. The van der Waals surface area contributed by atoms with E-state index in [0.29, 0.717) is 0 Å². The number of H-pyrrole nitrogens is 1. The van der Waals surface area contributed by atoms with Gasteiger partial charge in [0.25, 0.3) is 5.56 Å².